The number of rotatable bonds is 3. The summed E-state index contributed by atoms with van der Waals surface area (Å²) in [7, 11) is 0. The van der Waals surface area contributed by atoms with E-state index in [1.165, 1.54) is 0 Å². The lowest BCUT2D eigenvalue weighted by atomic mass is 9.84. The number of hydrogen-bond acceptors (Lipinski definition) is 2. The van der Waals surface area contributed by atoms with Gasteiger partial charge in [0.1, 0.15) is 0 Å². The second-order valence-electron chi connectivity index (χ2n) is 8.26. The van der Waals surface area contributed by atoms with E-state index in [1.54, 1.807) is 6.20 Å². The van der Waals surface area contributed by atoms with Crippen LogP contribution < -0.4 is 11.1 Å². The first-order valence-electron chi connectivity index (χ1n) is 10.2. The molecule has 0 unspecified atom stereocenters. The third-order valence-electron chi connectivity index (χ3n) is 6.38. The van der Waals surface area contributed by atoms with Gasteiger partial charge in [-0.25, -0.2) is 0 Å². The summed E-state index contributed by atoms with van der Waals surface area (Å²) in [6.45, 7) is 4.96. The molecule has 0 saturated heterocycles. The largest absolute Gasteiger partial charge is 0.404 e. The lowest BCUT2D eigenvalue weighted by Crippen LogP contribution is -2.39. The molecule has 29 heavy (non-hydrogen) atoms. The zero-order valence-electron chi connectivity index (χ0n) is 16.4. The average Bonchev–Trinajstić information content (AvgIpc) is 3.41. The van der Waals surface area contributed by atoms with Gasteiger partial charge in [-0.2, -0.15) is 0 Å². The zero-order valence-corrected chi connectivity index (χ0v) is 16.4. The van der Waals surface area contributed by atoms with Crippen LogP contribution in [0.4, 0.5) is 0 Å². The first kappa shape index (κ1) is 17.8. The maximum atomic E-state index is 12.7. The standard InChI is InChI=1S/C25H25N3O/c1-16(7-8-17-5-3-2-4-6-17)13-20-18(14-26)9-10-19-21-23(28-22(19)20)25(11-12-25)15-27-24(21)29/h2-8,13-14,28H,1,9-12,15,26H2,(H,27,29)/b8-7+,18-14-,20-13+. The third kappa shape index (κ3) is 2.96. The molecule has 1 aromatic carbocycles. The molecule has 1 amide bonds. The Labute approximate surface area is 170 Å². The van der Waals surface area contributed by atoms with Crippen molar-refractivity contribution in [1.82, 2.24) is 10.3 Å². The molecule has 2 aromatic rings. The number of amides is 1. The quantitative estimate of drug-likeness (QED) is 0.694. The average molecular weight is 383 g/mol. The van der Waals surface area contributed by atoms with Crippen LogP contribution in [0.1, 0.15) is 52.1 Å². The van der Waals surface area contributed by atoms with Crippen LogP contribution in [0.15, 0.2) is 66.4 Å². The van der Waals surface area contributed by atoms with Crippen molar-refractivity contribution >= 4 is 17.6 Å². The van der Waals surface area contributed by atoms with Crippen LogP contribution in [-0.4, -0.2) is 17.4 Å². The summed E-state index contributed by atoms with van der Waals surface area (Å²) < 4.78 is 0. The van der Waals surface area contributed by atoms with E-state index < -0.39 is 0 Å². The number of fused-ring (bicyclic) bond motifs is 4. The first-order chi connectivity index (χ1) is 14.1. The van der Waals surface area contributed by atoms with Gasteiger partial charge in [-0.3, -0.25) is 4.79 Å². The van der Waals surface area contributed by atoms with Gasteiger partial charge in [-0.15, -0.1) is 0 Å². The van der Waals surface area contributed by atoms with Crippen LogP contribution in [-0.2, 0) is 11.8 Å². The van der Waals surface area contributed by atoms with E-state index >= 15 is 0 Å². The Hall–Kier alpha value is -3.27. The summed E-state index contributed by atoms with van der Waals surface area (Å²) >= 11 is 0. The predicted molar refractivity (Wildman–Crippen MR) is 117 cm³/mol. The molecule has 1 aliphatic heterocycles. The third-order valence-corrected chi connectivity index (χ3v) is 6.38. The van der Waals surface area contributed by atoms with Crippen molar-refractivity contribution < 1.29 is 4.79 Å². The van der Waals surface area contributed by atoms with Crippen molar-refractivity contribution in [3.63, 3.8) is 0 Å². The predicted octanol–water partition coefficient (Wildman–Crippen LogP) is 4.23. The Balaban J connectivity index is 1.55. The molecule has 0 bridgehead atoms. The van der Waals surface area contributed by atoms with Gasteiger partial charge in [-0.05, 0) is 60.2 Å². The van der Waals surface area contributed by atoms with Crippen molar-refractivity contribution in [2.45, 2.75) is 31.1 Å². The van der Waals surface area contributed by atoms with Crippen LogP contribution in [0.25, 0.3) is 11.6 Å². The molecule has 0 atom stereocenters. The van der Waals surface area contributed by atoms with Gasteiger partial charge in [0.15, 0.2) is 0 Å². The van der Waals surface area contributed by atoms with Gasteiger partial charge in [0.05, 0.1) is 11.3 Å². The number of nitrogens with one attached hydrogen (secondary N) is 2. The molecule has 3 aliphatic rings. The van der Waals surface area contributed by atoms with E-state index in [4.69, 9.17) is 5.73 Å². The van der Waals surface area contributed by atoms with Crippen LogP contribution >= 0.6 is 0 Å². The second kappa shape index (κ2) is 6.66. The van der Waals surface area contributed by atoms with E-state index in [2.05, 4.69) is 41.2 Å². The number of H-pyrrole nitrogens is 1. The lowest BCUT2D eigenvalue weighted by molar-refractivity contribution is 0.0936. The lowest BCUT2D eigenvalue weighted by Gasteiger charge is -2.23. The maximum absolute atomic E-state index is 12.7. The van der Waals surface area contributed by atoms with Gasteiger partial charge in [0, 0.05) is 23.2 Å². The molecular formula is C25H25N3O. The van der Waals surface area contributed by atoms with Crippen molar-refractivity contribution in [2.24, 2.45) is 5.73 Å². The molecule has 1 fully saturated rings. The van der Waals surface area contributed by atoms with E-state index in [1.807, 2.05) is 24.3 Å². The Morgan fingerprint density at radius 2 is 1.97 bits per heavy atom. The van der Waals surface area contributed by atoms with Gasteiger partial charge >= 0.3 is 0 Å². The summed E-state index contributed by atoms with van der Waals surface area (Å²) in [5.41, 5.74) is 14.4. The molecule has 1 saturated carbocycles. The number of carbonyl (C=O) groups is 1. The molecule has 5 rings (SSSR count). The highest BCUT2D eigenvalue weighted by Crippen LogP contribution is 2.52. The molecule has 1 aromatic heterocycles. The highest BCUT2D eigenvalue weighted by molar-refractivity contribution is 6.01. The van der Waals surface area contributed by atoms with E-state index in [0.717, 1.165) is 77.0 Å². The number of hydrogen-bond donors (Lipinski definition) is 3. The zero-order chi connectivity index (χ0) is 20.0. The Kier molecular flexibility index (Phi) is 4.09. The Morgan fingerprint density at radius 1 is 1.17 bits per heavy atom. The number of benzene rings is 1. The number of allylic oxidation sites excluding steroid dienone is 5. The summed E-state index contributed by atoms with van der Waals surface area (Å²) in [5.74, 6) is 0.0531. The van der Waals surface area contributed by atoms with Gasteiger partial charge in [0.25, 0.3) is 5.91 Å². The van der Waals surface area contributed by atoms with E-state index in [-0.39, 0.29) is 11.3 Å². The number of aromatic nitrogens is 1. The second-order valence-corrected chi connectivity index (χ2v) is 8.26. The summed E-state index contributed by atoms with van der Waals surface area (Å²) in [4.78, 5) is 16.3. The molecule has 2 heterocycles. The molecule has 4 nitrogen and oxygen atoms in total. The van der Waals surface area contributed by atoms with Gasteiger partial charge in [-0.1, -0.05) is 49.1 Å². The van der Waals surface area contributed by atoms with Crippen LogP contribution in [0.3, 0.4) is 0 Å². The fourth-order valence-corrected chi connectivity index (χ4v) is 4.56. The molecule has 4 N–H and O–H groups in total. The highest BCUT2D eigenvalue weighted by Gasteiger charge is 2.51. The van der Waals surface area contributed by atoms with Gasteiger partial charge < -0.3 is 16.0 Å². The van der Waals surface area contributed by atoms with Crippen LogP contribution in [0.5, 0.6) is 0 Å². The summed E-state index contributed by atoms with van der Waals surface area (Å²) in [5, 5.41) is 3.10. The SMILES string of the molecule is C=C(/C=C/c1ccccc1)/C=C1\C(=C/N)CCc2c1[nH]c1c2C(=O)NCC12CC2. The molecular weight excluding hydrogens is 358 g/mol. The minimum atomic E-state index is 0.0531. The summed E-state index contributed by atoms with van der Waals surface area (Å²) in [6, 6.07) is 10.2. The van der Waals surface area contributed by atoms with Crippen molar-refractivity contribution in [1.29, 1.82) is 0 Å². The van der Waals surface area contributed by atoms with E-state index in [0.29, 0.717) is 0 Å². The molecule has 0 radical (unpaired) electrons. The fraction of sp³-hybridized carbons (Fsp3) is 0.240. The first-order valence-corrected chi connectivity index (χ1v) is 10.2. The molecule has 2 aliphatic carbocycles. The molecule has 4 heteroatoms. The normalized spacial score (nSPS) is 22.0. The number of aromatic amines is 1. The fourth-order valence-electron chi connectivity index (χ4n) is 4.56. The monoisotopic (exact) mass is 383 g/mol. The minimum Gasteiger partial charge on any atom is -0.404 e. The maximum Gasteiger partial charge on any atom is 0.253 e. The van der Waals surface area contributed by atoms with Crippen molar-refractivity contribution in [2.75, 3.05) is 6.54 Å². The van der Waals surface area contributed by atoms with Crippen molar-refractivity contribution in [3.8, 4) is 0 Å². The van der Waals surface area contributed by atoms with Gasteiger partial charge in [0.2, 0.25) is 0 Å². The Morgan fingerprint density at radius 3 is 2.69 bits per heavy atom. The highest BCUT2D eigenvalue weighted by atomic mass is 16.1. The number of carbonyl (C=O) groups excluding carboxylic acids is 1. The Bertz CT molecular complexity index is 1090. The smallest absolute Gasteiger partial charge is 0.253 e. The van der Waals surface area contributed by atoms with Crippen LogP contribution in [0, 0.1) is 0 Å². The molecule has 1 spiro atoms. The summed E-state index contributed by atoms with van der Waals surface area (Å²) in [6.07, 6.45) is 11.8. The van der Waals surface area contributed by atoms with Crippen LogP contribution in [0.2, 0.25) is 0 Å². The molecule has 146 valence electrons. The topological polar surface area (TPSA) is 70.9 Å². The number of nitrogens with two attached hydrogens (primary N) is 1. The minimum absolute atomic E-state index is 0.0531. The van der Waals surface area contributed by atoms with E-state index in [9.17, 15) is 4.79 Å². The van der Waals surface area contributed by atoms with Crippen molar-refractivity contribution in [3.05, 3.63) is 94.5 Å².